The molecule has 2 aromatic carbocycles. The highest BCUT2D eigenvalue weighted by molar-refractivity contribution is 9.10. The van der Waals surface area contributed by atoms with E-state index in [2.05, 4.69) is 38.4 Å². The highest BCUT2D eigenvalue weighted by atomic mass is 79.9. The molecule has 0 spiro atoms. The van der Waals surface area contributed by atoms with Crippen LogP contribution in [0.25, 0.3) is 0 Å². The summed E-state index contributed by atoms with van der Waals surface area (Å²) in [5.74, 6) is 0.553. The molecule has 0 aliphatic heterocycles. The first-order valence-corrected chi connectivity index (χ1v) is 10.5. The van der Waals surface area contributed by atoms with Crippen molar-refractivity contribution in [2.75, 3.05) is 5.75 Å². The second kappa shape index (κ2) is 8.92. The molecule has 7 heteroatoms. The lowest BCUT2D eigenvalue weighted by molar-refractivity contribution is -0.119. The Kier molecular flexibility index (Phi) is 6.57. The number of thioether (sulfide) groups is 1. The number of rotatable bonds is 6. The Morgan fingerprint density at radius 1 is 1.25 bits per heavy atom. The van der Waals surface area contributed by atoms with Gasteiger partial charge in [0.25, 0.3) is 0 Å². The summed E-state index contributed by atoms with van der Waals surface area (Å²) < 4.78 is 16.2. The largest absolute Gasteiger partial charge is 0.341 e. The molecular formula is C21H21BrFN3OS. The number of imidazole rings is 1. The van der Waals surface area contributed by atoms with Crippen molar-refractivity contribution in [3.63, 3.8) is 0 Å². The van der Waals surface area contributed by atoms with Gasteiger partial charge >= 0.3 is 0 Å². The van der Waals surface area contributed by atoms with Crippen LogP contribution in [0.3, 0.4) is 0 Å². The van der Waals surface area contributed by atoms with Crippen LogP contribution in [-0.2, 0) is 11.8 Å². The summed E-state index contributed by atoms with van der Waals surface area (Å²) in [4.78, 5) is 18.1. The number of carbonyl (C=O) groups is 1. The first-order chi connectivity index (χ1) is 13.3. The van der Waals surface area contributed by atoms with Crippen LogP contribution in [0.4, 0.5) is 4.39 Å². The SMILES string of the molecule is Cc1cc(SCC(=O)NC(c2ccc(F)cc2)c2nccn2C)c(C)cc1Br. The zero-order valence-corrected chi connectivity index (χ0v) is 18.3. The fraction of sp³-hybridized carbons (Fsp3) is 0.238. The van der Waals surface area contributed by atoms with E-state index in [0.717, 1.165) is 26.1 Å². The molecule has 1 amide bonds. The molecule has 3 rings (SSSR count). The average Bonchev–Trinajstić information content (AvgIpc) is 3.08. The van der Waals surface area contributed by atoms with Crippen molar-refractivity contribution >= 4 is 33.6 Å². The summed E-state index contributed by atoms with van der Waals surface area (Å²) in [6.45, 7) is 4.05. The van der Waals surface area contributed by atoms with E-state index in [4.69, 9.17) is 0 Å². The van der Waals surface area contributed by atoms with Crippen molar-refractivity contribution in [3.8, 4) is 0 Å². The smallest absolute Gasteiger partial charge is 0.231 e. The zero-order chi connectivity index (χ0) is 20.3. The van der Waals surface area contributed by atoms with Crippen molar-refractivity contribution in [1.82, 2.24) is 14.9 Å². The summed E-state index contributed by atoms with van der Waals surface area (Å²) in [7, 11) is 1.87. The van der Waals surface area contributed by atoms with Crippen LogP contribution in [-0.4, -0.2) is 21.2 Å². The molecule has 0 fully saturated rings. The van der Waals surface area contributed by atoms with Gasteiger partial charge in [0.05, 0.1) is 5.75 Å². The molecule has 0 radical (unpaired) electrons. The molecule has 1 N–H and O–H groups in total. The normalized spacial score (nSPS) is 12.0. The van der Waals surface area contributed by atoms with Gasteiger partial charge in [0.2, 0.25) is 5.91 Å². The molecule has 3 aromatic rings. The van der Waals surface area contributed by atoms with Gasteiger partial charge in [-0.15, -0.1) is 11.8 Å². The van der Waals surface area contributed by atoms with E-state index in [1.165, 1.54) is 23.9 Å². The molecule has 1 aromatic heterocycles. The van der Waals surface area contributed by atoms with Crippen molar-refractivity contribution in [2.24, 2.45) is 7.05 Å². The van der Waals surface area contributed by atoms with Gasteiger partial charge in [0.1, 0.15) is 17.7 Å². The first-order valence-electron chi connectivity index (χ1n) is 8.76. The Bertz CT molecular complexity index is 988. The van der Waals surface area contributed by atoms with Crippen LogP contribution in [0.5, 0.6) is 0 Å². The maximum Gasteiger partial charge on any atom is 0.231 e. The topological polar surface area (TPSA) is 46.9 Å². The van der Waals surface area contributed by atoms with Gasteiger partial charge in [0, 0.05) is 28.8 Å². The second-order valence-electron chi connectivity index (χ2n) is 6.60. The highest BCUT2D eigenvalue weighted by Gasteiger charge is 2.21. The quantitative estimate of drug-likeness (QED) is 0.529. The molecule has 4 nitrogen and oxygen atoms in total. The van der Waals surface area contributed by atoms with Gasteiger partial charge in [-0.25, -0.2) is 9.37 Å². The highest BCUT2D eigenvalue weighted by Crippen LogP contribution is 2.28. The minimum absolute atomic E-state index is 0.109. The van der Waals surface area contributed by atoms with Gasteiger partial charge in [-0.3, -0.25) is 4.79 Å². The van der Waals surface area contributed by atoms with E-state index in [9.17, 15) is 9.18 Å². The number of nitrogens with one attached hydrogen (secondary N) is 1. The number of benzene rings is 2. The van der Waals surface area contributed by atoms with Crippen LogP contribution >= 0.6 is 27.7 Å². The Labute approximate surface area is 176 Å². The maximum atomic E-state index is 13.3. The lowest BCUT2D eigenvalue weighted by Crippen LogP contribution is -2.32. The molecule has 146 valence electrons. The zero-order valence-electron chi connectivity index (χ0n) is 15.9. The summed E-state index contributed by atoms with van der Waals surface area (Å²) in [6, 6.07) is 9.81. The van der Waals surface area contributed by atoms with Crippen molar-refractivity contribution in [1.29, 1.82) is 0 Å². The molecule has 0 aliphatic rings. The van der Waals surface area contributed by atoms with Crippen molar-refractivity contribution < 1.29 is 9.18 Å². The minimum atomic E-state index is -0.443. The predicted octanol–water partition coefficient (Wildman–Crippen LogP) is 4.94. The number of aryl methyl sites for hydroxylation is 3. The third-order valence-corrected chi connectivity index (χ3v) is 6.45. The number of aromatic nitrogens is 2. The summed E-state index contributed by atoms with van der Waals surface area (Å²) >= 11 is 5.03. The van der Waals surface area contributed by atoms with Gasteiger partial charge in [-0.05, 0) is 54.8 Å². The third kappa shape index (κ3) is 4.83. The molecule has 1 atom stereocenters. The van der Waals surface area contributed by atoms with E-state index >= 15 is 0 Å². The van der Waals surface area contributed by atoms with Crippen molar-refractivity contribution in [2.45, 2.75) is 24.8 Å². The van der Waals surface area contributed by atoms with Crippen LogP contribution in [0, 0.1) is 19.7 Å². The minimum Gasteiger partial charge on any atom is -0.341 e. The number of amides is 1. The van der Waals surface area contributed by atoms with E-state index in [1.54, 1.807) is 18.3 Å². The van der Waals surface area contributed by atoms with Gasteiger partial charge in [-0.1, -0.05) is 28.1 Å². The van der Waals surface area contributed by atoms with Crippen LogP contribution in [0.2, 0.25) is 0 Å². The lowest BCUT2D eigenvalue weighted by atomic mass is 10.1. The van der Waals surface area contributed by atoms with E-state index < -0.39 is 6.04 Å². The molecule has 0 bridgehead atoms. The molecule has 28 heavy (non-hydrogen) atoms. The van der Waals surface area contributed by atoms with E-state index in [-0.39, 0.29) is 17.5 Å². The number of hydrogen-bond acceptors (Lipinski definition) is 3. The number of hydrogen-bond donors (Lipinski definition) is 1. The average molecular weight is 462 g/mol. The van der Waals surface area contributed by atoms with Crippen molar-refractivity contribution in [3.05, 3.63) is 81.6 Å². The van der Waals surface area contributed by atoms with E-state index in [0.29, 0.717) is 5.82 Å². The van der Waals surface area contributed by atoms with Crippen LogP contribution in [0.1, 0.15) is 28.6 Å². The molecule has 0 aliphatic carbocycles. The fourth-order valence-corrected chi connectivity index (χ4v) is 4.24. The fourth-order valence-electron chi connectivity index (χ4n) is 2.86. The molecule has 0 saturated heterocycles. The lowest BCUT2D eigenvalue weighted by Gasteiger charge is -2.19. The van der Waals surface area contributed by atoms with Gasteiger partial charge in [-0.2, -0.15) is 0 Å². The molecule has 1 heterocycles. The molecule has 1 unspecified atom stereocenters. The number of carbonyl (C=O) groups excluding carboxylic acids is 1. The Hall–Kier alpha value is -2.12. The van der Waals surface area contributed by atoms with Gasteiger partial charge < -0.3 is 9.88 Å². The first kappa shape index (κ1) is 20.6. The predicted molar refractivity (Wildman–Crippen MR) is 114 cm³/mol. The summed E-state index contributed by atoms with van der Waals surface area (Å²) in [6.07, 6.45) is 3.50. The van der Waals surface area contributed by atoms with Crippen LogP contribution < -0.4 is 5.32 Å². The number of halogens is 2. The monoisotopic (exact) mass is 461 g/mol. The van der Waals surface area contributed by atoms with Crippen LogP contribution in [0.15, 0.2) is 58.2 Å². The third-order valence-electron chi connectivity index (χ3n) is 4.44. The van der Waals surface area contributed by atoms with E-state index in [1.807, 2.05) is 31.7 Å². The Morgan fingerprint density at radius 3 is 2.61 bits per heavy atom. The molecule has 0 saturated carbocycles. The summed E-state index contributed by atoms with van der Waals surface area (Å²) in [5.41, 5.74) is 3.03. The Balaban J connectivity index is 1.76. The Morgan fingerprint density at radius 2 is 1.96 bits per heavy atom. The standard InChI is InChI=1S/C21H21BrFN3OS/c1-13-11-18(14(2)10-17(13)22)28-12-19(27)25-20(21-24-8-9-26(21)3)15-4-6-16(23)7-5-15/h4-11,20H,12H2,1-3H3,(H,25,27). The van der Waals surface area contributed by atoms with Gasteiger partial charge in [0.15, 0.2) is 0 Å². The molecular weight excluding hydrogens is 441 g/mol. The second-order valence-corrected chi connectivity index (χ2v) is 8.48. The number of nitrogens with zero attached hydrogens (tertiary/aromatic N) is 2. The summed E-state index contributed by atoms with van der Waals surface area (Å²) in [5, 5.41) is 3.04. The maximum absolute atomic E-state index is 13.3.